The van der Waals surface area contributed by atoms with Crippen LogP contribution >= 0.6 is 34.8 Å². The smallest absolute Gasteiger partial charge is 0.264 e. The van der Waals surface area contributed by atoms with Gasteiger partial charge in [-0.1, -0.05) is 102 Å². The predicted molar refractivity (Wildman–Crippen MR) is 186 cm³/mol. The zero-order chi connectivity index (χ0) is 33.4. The summed E-state index contributed by atoms with van der Waals surface area (Å²) in [5.41, 5.74) is 2.08. The molecule has 0 saturated carbocycles. The molecule has 0 saturated heterocycles. The Kier molecular flexibility index (Phi) is 12.1. The van der Waals surface area contributed by atoms with Gasteiger partial charge in [-0.3, -0.25) is 13.9 Å². The third-order valence-electron chi connectivity index (χ3n) is 7.71. The molecule has 0 spiro atoms. The van der Waals surface area contributed by atoms with E-state index in [1.807, 2.05) is 44.2 Å². The summed E-state index contributed by atoms with van der Waals surface area (Å²) in [6.07, 6.45) is 0.837. The molecule has 46 heavy (non-hydrogen) atoms. The molecule has 7 nitrogen and oxygen atoms in total. The maximum absolute atomic E-state index is 14.6. The number of hydrogen-bond donors (Lipinski definition) is 1. The maximum atomic E-state index is 14.6. The van der Waals surface area contributed by atoms with E-state index in [0.29, 0.717) is 32.6 Å². The zero-order valence-electron chi connectivity index (χ0n) is 25.8. The Morgan fingerprint density at radius 2 is 1.46 bits per heavy atom. The van der Waals surface area contributed by atoms with Gasteiger partial charge >= 0.3 is 0 Å². The van der Waals surface area contributed by atoms with Crippen molar-refractivity contribution in [3.8, 4) is 0 Å². The fourth-order valence-corrected chi connectivity index (χ4v) is 7.11. The van der Waals surface area contributed by atoms with Gasteiger partial charge in [-0.2, -0.15) is 0 Å². The van der Waals surface area contributed by atoms with Crippen LogP contribution in [-0.2, 0) is 32.6 Å². The number of rotatable bonds is 13. The first-order valence-electron chi connectivity index (χ1n) is 14.8. The first-order valence-corrected chi connectivity index (χ1v) is 17.4. The van der Waals surface area contributed by atoms with Gasteiger partial charge in [0.2, 0.25) is 11.8 Å². The molecule has 0 fully saturated rings. The summed E-state index contributed by atoms with van der Waals surface area (Å²) in [5.74, 6) is -1.01. The van der Waals surface area contributed by atoms with Crippen molar-refractivity contribution in [3.05, 3.63) is 129 Å². The molecule has 1 N–H and O–H groups in total. The van der Waals surface area contributed by atoms with Crippen molar-refractivity contribution in [1.29, 1.82) is 0 Å². The molecule has 0 radical (unpaired) electrons. The topological polar surface area (TPSA) is 86.8 Å². The highest BCUT2D eigenvalue weighted by Crippen LogP contribution is 2.31. The Bertz CT molecular complexity index is 1750. The largest absolute Gasteiger partial charge is 0.352 e. The van der Waals surface area contributed by atoms with Gasteiger partial charge in [-0.25, -0.2) is 8.42 Å². The lowest BCUT2D eigenvalue weighted by atomic mass is 10.0. The Morgan fingerprint density at radius 3 is 2.07 bits per heavy atom. The second kappa shape index (κ2) is 15.8. The molecule has 2 amide bonds. The van der Waals surface area contributed by atoms with Gasteiger partial charge < -0.3 is 10.2 Å². The molecule has 0 heterocycles. The van der Waals surface area contributed by atoms with Crippen LogP contribution in [0, 0.1) is 6.92 Å². The van der Waals surface area contributed by atoms with Crippen LogP contribution < -0.4 is 9.62 Å². The fraction of sp³-hybridized carbons (Fsp3) is 0.257. The molecule has 4 aromatic carbocycles. The van der Waals surface area contributed by atoms with Gasteiger partial charge in [-0.15, -0.1) is 0 Å². The van der Waals surface area contributed by atoms with Gasteiger partial charge in [-0.05, 0) is 67.8 Å². The average molecular weight is 701 g/mol. The Labute approximate surface area is 286 Å². The lowest BCUT2D eigenvalue weighted by molar-refractivity contribution is -0.140. The molecule has 0 aliphatic heterocycles. The normalized spacial score (nSPS) is 12.7. The molecule has 0 aliphatic rings. The number of amides is 2. The number of sulfonamides is 1. The average Bonchev–Trinajstić information content (AvgIpc) is 3.04. The van der Waals surface area contributed by atoms with Gasteiger partial charge in [0.1, 0.15) is 12.6 Å². The number of carbonyl (C=O) groups is 2. The van der Waals surface area contributed by atoms with Gasteiger partial charge in [0.25, 0.3) is 10.0 Å². The highest BCUT2D eigenvalue weighted by molar-refractivity contribution is 7.92. The van der Waals surface area contributed by atoms with E-state index in [9.17, 15) is 18.0 Å². The molecule has 2 atom stereocenters. The van der Waals surface area contributed by atoms with E-state index in [0.717, 1.165) is 9.87 Å². The summed E-state index contributed by atoms with van der Waals surface area (Å²) in [6, 6.07) is 25.8. The lowest BCUT2D eigenvalue weighted by Gasteiger charge is -2.35. The number of anilines is 1. The first kappa shape index (κ1) is 35.3. The minimum absolute atomic E-state index is 0.00165. The summed E-state index contributed by atoms with van der Waals surface area (Å²) in [6.45, 7) is 4.80. The van der Waals surface area contributed by atoms with Crippen molar-refractivity contribution in [2.75, 3.05) is 10.8 Å². The van der Waals surface area contributed by atoms with Crippen LogP contribution in [-0.4, -0.2) is 43.8 Å². The summed E-state index contributed by atoms with van der Waals surface area (Å²) < 4.78 is 29.4. The van der Waals surface area contributed by atoms with E-state index < -0.39 is 28.5 Å². The fourth-order valence-electron chi connectivity index (χ4n) is 4.93. The monoisotopic (exact) mass is 699 g/mol. The van der Waals surface area contributed by atoms with Crippen molar-refractivity contribution in [3.63, 3.8) is 0 Å². The molecular formula is C35H36Cl3N3O4S. The standard InChI is InChI=1S/C35H36Cl3N3O4S/c1-4-25(3)39-35(43)33(20-26-12-7-5-8-13-26)40(22-29-30(37)16-11-17-31(29)38)34(42)23-41(32-21-27(36)19-18-24(32)2)46(44,45)28-14-9-6-10-15-28/h5-19,21,25,33H,4,20,22-23H2,1-3H3,(H,39,43). The number of benzene rings is 4. The number of aryl methyl sites for hydroxylation is 1. The Morgan fingerprint density at radius 1 is 0.848 bits per heavy atom. The molecule has 2 unspecified atom stereocenters. The second-order valence-electron chi connectivity index (χ2n) is 11.0. The SMILES string of the molecule is CCC(C)NC(=O)C(Cc1ccccc1)N(Cc1c(Cl)cccc1Cl)C(=O)CN(c1cc(Cl)ccc1C)S(=O)(=O)c1ccccc1. The summed E-state index contributed by atoms with van der Waals surface area (Å²) in [4.78, 5) is 30.0. The van der Waals surface area contributed by atoms with E-state index in [-0.39, 0.29) is 35.5 Å². The number of nitrogens with zero attached hydrogens (tertiary/aromatic N) is 2. The predicted octanol–water partition coefficient (Wildman–Crippen LogP) is 7.71. The number of halogens is 3. The van der Waals surface area contributed by atoms with Gasteiger partial charge in [0.05, 0.1) is 10.6 Å². The van der Waals surface area contributed by atoms with Crippen molar-refractivity contribution in [2.45, 2.75) is 57.1 Å². The van der Waals surface area contributed by atoms with Crippen LogP contribution in [0.3, 0.4) is 0 Å². The summed E-state index contributed by atoms with van der Waals surface area (Å²) >= 11 is 19.5. The van der Waals surface area contributed by atoms with Crippen molar-refractivity contribution in [2.24, 2.45) is 0 Å². The lowest BCUT2D eigenvalue weighted by Crippen LogP contribution is -2.54. The van der Waals surface area contributed by atoms with Crippen molar-refractivity contribution in [1.82, 2.24) is 10.2 Å². The molecule has 0 aromatic heterocycles. The minimum atomic E-state index is -4.26. The van der Waals surface area contributed by atoms with Crippen LogP contribution in [0.1, 0.15) is 37.0 Å². The summed E-state index contributed by atoms with van der Waals surface area (Å²) in [7, 11) is -4.26. The minimum Gasteiger partial charge on any atom is -0.352 e. The molecule has 0 bridgehead atoms. The highest BCUT2D eigenvalue weighted by atomic mass is 35.5. The highest BCUT2D eigenvalue weighted by Gasteiger charge is 2.36. The van der Waals surface area contributed by atoms with Gasteiger partial charge in [0.15, 0.2) is 0 Å². The van der Waals surface area contributed by atoms with E-state index in [2.05, 4.69) is 5.32 Å². The number of nitrogens with one attached hydrogen (secondary N) is 1. The van der Waals surface area contributed by atoms with E-state index in [4.69, 9.17) is 34.8 Å². The van der Waals surface area contributed by atoms with Crippen LogP contribution in [0.25, 0.3) is 0 Å². The van der Waals surface area contributed by atoms with Crippen LogP contribution in [0.5, 0.6) is 0 Å². The maximum Gasteiger partial charge on any atom is 0.264 e. The molecule has 4 aromatic rings. The quantitative estimate of drug-likeness (QED) is 0.155. The third-order valence-corrected chi connectivity index (χ3v) is 10.4. The van der Waals surface area contributed by atoms with E-state index >= 15 is 0 Å². The van der Waals surface area contributed by atoms with Gasteiger partial charge in [0, 0.05) is 39.6 Å². The van der Waals surface area contributed by atoms with Crippen molar-refractivity contribution < 1.29 is 18.0 Å². The van der Waals surface area contributed by atoms with Crippen LogP contribution in [0.4, 0.5) is 5.69 Å². The Hall–Kier alpha value is -3.56. The molecule has 0 aliphatic carbocycles. The molecule has 242 valence electrons. The number of hydrogen-bond acceptors (Lipinski definition) is 4. The van der Waals surface area contributed by atoms with E-state index in [1.54, 1.807) is 55.5 Å². The molecular weight excluding hydrogens is 665 g/mol. The molecule has 4 rings (SSSR count). The zero-order valence-corrected chi connectivity index (χ0v) is 28.9. The Balaban J connectivity index is 1.87. The number of carbonyl (C=O) groups excluding carboxylic acids is 2. The van der Waals surface area contributed by atoms with Crippen molar-refractivity contribution >= 4 is 62.3 Å². The first-order chi connectivity index (χ1) is 21.9. The van der Waals surface area contributed by atoms with Crippen LogP contribution in [0.15, 0.2) is 102 Å². The summed E-state index contributed by atoms with van der Waals surface area (Å²) in [5, 5.41) is 3.93. The molecule has 11 heteroatoms. The van der Waals surface area contributed by atoms with Crippen LogP contribution in [0.2, 0.25) is 15.1 Å². The third kappa shape index (κ3) is 8.62. The van der Waals surface area contributed by atoms with E-state index in [1.165, 1.54) is 23.1 Å². The second-order valence-corrected chi connectivity index (χ2v) is 14.1.